The molecule has 2 rings (SSSR count). The van der Waals surface area contributed by atoms with E-state index in [2.05, 4.69) is 53.5 Å². The summed E-state index contributed by atoms with van der Waals surface area (Å²) in [5.41, 5.74) is 2.81. The average Bonchev–Trinajstić information content (AvgIpc) is 2.48. The van der Waals surface area contributed by atoms with E-state index in [1.807, 2.05) is 0 Å². The topological polar surface area (TPSA) is 18.5 Å². The molecule has 1 heterocycles. The summed E-state index contributed by atoms with van der Waals surface area (Å²) in [5.74, 6) is 0. The Balaban J connectivity index is 2.12. The van der Waals surface area contributed by atoms with E-state index in [9.17, 15) is 0 Å². The Morgan fingerprint density at radius 3 is 2.94 bits per heavy atom. The van der Waals surface area contributed by atoms with E-state index in [0.29, 0.717) is 0 Å². The van der Waals surface area contributed by atoms with Gasteiger partial charge in [0.1, 0.15) is 0 Å². The number of nitrogens with one attached hydrogen (secondary N) is 1. The summed E-state index contributed by atoms with van der Waals surface area (Å²) in [5, 5.41) is 3.47. The van der Waals surface area contributed by atoms with Gasteiger partial charge in [-0.2, -0.15) is 0 Å². The number of likely N-dealkylation sites (N-methyl/N-ethyl adjacent to an activating group) is 1. The molecular weight excluding hydrogens is 198 g/mol. The van der Waals surface area contributed by atoms with E-state index in [4.69, 9.17) is 0 Å². The van der Waals surface area contributed by atoms with Crippen LogP contribution in [0.2, 0.25) is 0 Å². The van der Waals surface area contributed by atoms with Gasteiger partial charge in [-0.3, -0.25) is 0 Å². The van der Waals surface area contributed by atoms with Crippen molar-refractivity contribution in [1.29, 1.82) is 0 Å². The largest absolute Gasteiger partial charge is 0.369 e. The van der Waals surface area contributed by atoms with Gasteiger partial charge in [0.15, 0.2) is 0 Å². The van der Waals surface area contributed by atoms with E-state index in [-0.39, 0.29) is 0 Å². The van der Waals surface area contributed by atoms with E-state index in [1.54, 1.807) is 0 Å². The lowest BCUT2D eigenvalue weighted by Crippen LogP contribution is -2.34. The Hall–Kier alpha value is -1.06. The average molecular weight is 219 g/mol. The molecule has 0 fully saturated rings. The van der Waals surface area contributed by atoms with Gasteiger partial charge in [-0.05, 0) is 25.7 Å². The highest BCUT2D eigenvalue weighted by Gasteiger charge is 2.13. The van der Waals surface area contributed by atoms with Crippen molar-refractivity contribution in [3.05, 3.63) is 29.8 Å². The molecule has 1 aromatic rings. The highest BCUT2D eigenvalue weighted by Crippen LogP contribution is 2.21. The highest BCUT2D eigenvalue weighted by molar-refractivity contribution is 5.54. The molecule has 0 saturated heterocycles. The molecule has 88 valence electrons. The summed E-state index contributed by atoms with van der Waals surface area (Å²) >= 11 is 0. The van der Waals surface area contributed by atoms with Crippen LogP contribution in [0.4, 0.5) is 5.69 Å². The number of anilines is 1. The molecule has 1 aromatic carbocycles. The summed E-state index contributed by atoms with van der Waals surface area (Å²) < 4.78 is 0. The van der Waals surface area contributed by atoms with Crippen molar-refractivity contribution >= 4 is 5.69 Å². The van der Waals surface area contributed by atoms with Crippen LogP contribution in [0, 0.1) is 0 Å². The van der Waals surface area contributed by atoms with E-state index >= 15 is 0 Å². The molecule has 0 radical (unpaired) electrons. The first-order valence-electron chi connectivity index (χ1n) is 5.95. The fraction of sp³-hybridized carbons (Fsp3) is 0.538. The summed E-state index contributed by atoms with van der Waals surface area (Å²) in [4.78, 5) is 4.72. The molecule has 1 N–H and O–H groups in total. The van der Waals surface area contributed by atoms with E-state index < -0.39 is 0 Å². The van der Waals surface area contributed by atoms with Gasteiger partial charge in [0, 0.05) is 38.4 Å². The van der Waals surface area contributed by atoms with Gasteiger partial charge in [0.2, 0.25) is 0 Å². The van der Waals surface area contributed by atoms with Crippen LogP contribution < -0.4 is 10.2 Å². The summed E-state index contributed by atoms with van der Waals surface area (Å²) in [7, 11) is 4.25. The number of hydrogen-bond acceptors (Lipinski definition) is 3. The summed E-state index contributed by atoms with van der Waals surface area (Å²) in [6.45, 7) is 5.38. The number of nitrogens with zero attached hydrogens (tertiary/aromatic N) is 2. The zero-order chi connectivity index (χ0) is 11.4. The molecule has 0 aromatic heterocycles. The third-order valence-electron chi connectivity index (χ3n) is 3.02. The molecule has 16 heavy (non-hydrogen) atoms. The summed E-state index contributed by atoms with van der Waals surface area (Å²) in [6, 6.07) is 8.71. The second kappa shape index (κ2) is 5.32. The molecule has 0 amide bonds. The molecule has 1 aliphatic rings. The molecule has 0 atom stereocenters. The molecule has 0 spiro atoms. The van der Waals surface area contributed by atoms with Gasteiger partial charge in [-0.15, -0.1) is 0 Å². The van der Waals surface area contributed by atoms with Crippen molar-refractivity contribution in [1.82, 2.24) is 10.2 Å². The first-order chi connectivity index (χ1) is 7.77. The van der Waals surface area contributed by atoms with E-state index in [0.717, 1.165) is 32.7 Å². The second-order valence-electron chi connectivity index (χ2n) is 4.60. The third kappa shape index (κ3) is 2.74. The Bertz CT molecular complexity index is 336. The minimum Gasteiger partial charge on any atom is -0.369 e. The molecule has 0 saturated carbocycles. The van der Waals surface area contributed by atoms with Crippen molar-refractivity contribution in [2.24, 2.45) is 0 Å². The lowest BCUT2D eigenvalue weighted by molar-refractivity contribution is 0.413. The van der Waals surface area contributed by atoms with Gasteiger partial charge in [-0.1, -0.05) is 18.2 Å². The SMILES string of the molecule is CN(C)CCN1CCNCc2ccccc21. The molecule has 0 bridgehead atoms. The predicted molar refractivity (Wildman–Crippen MR) is 68.9 cm³/mol. The fourth-order valence-electron chi connectivity index (χ4n) is 2.08. The number of rotatable bonds is 3. The molecule has 3 heteroatoms. The number of para-hydroxylation sites is 1. The van der Waals surface area contributed by atoms with Crippen LogP contribution in [0.25, 0.3) is 0 Å². The van der Waals surface area contributed by atoms with Crippen LogP contribution in [0.1, 0.15) is 5.56 Å². The highest BCUT2D eigenvalue weighted by atomic mass is 15.2. The quantitative estimate of drug-likeness (QED) is 0.823. The fourth-order valence-corrected chi connectivity index (χ4v) is 2.08. The van der Waals surface area contributed by atoms with Gasteiger partial charge in [0.05, 0.1) is 0 Å². The maximum Gasteiger partial charge on any atom is 0.0412 e. The molecule has 1 aliphatic heterocycles. The standard InChI is InChI=1S/C13H21N3/c1-15(2)9-10-16-8-7-14-11-12-5-3-4-6-13(12)16/h3-6,14H,7-11H2,1-2H3. The van der Waals surface area contributed by atoms with Crippen molar-refractivity contribution in [2.45, 2.75) is 6.54 Å². The Labute approximate surface area is 98.0 Å². The molecular formula is C13H21N3. The maximum atomic E-state index is 3.47. The minimum atomic E-state index is 0.995. The first kappa shape index (κ1) is 11.4. The maximum absolute atomic E-state index is 3.47. The van der Waals surface area contributed by atoms with Gasteiger partial charge in [-0.25, -0.2) is 0 Å². The van der Waals surface area contributed by atoms with Gasteiger partial charge >= 0.3 is 0 Å². The predicted octanol–water partition coefficient (Wildman–Crippen LogP) is 1.16. The van der Waals surface area contributed by atoms with Gasteiger partial charge < -0.3 is 15.1 Å². The molecule has 0 unspecified atom stereocenters. The van der Waals surface area contributed by atoms with Gasteiger partial charge in [0.25, 0.3) is 0 Å². The number of benzene rings is 1. The Kier molecular flexibility index (Phi) is 3.80. The van der Waals surface area contributed by atoms with Crippen LogP contribution in [-0.4, -0.2) is 45.2 Å². The van der Waals surface area contributed by atoms with Crippen molar-refractivity contribution in [2.75, 3.05) is 45.2 Å². The summed E-state index contributed by atoms with van der Waals surface area (Å²) in [6.07, 6.45) is 0. The van der Waals surface area contributed by atoms with Crippen LogP contribution >= 0.6 is 0 Å². The van der Waals surface area contributed by atoms with Crippen molar-refractivity contribution < 1.29 is 0 Å². The van der Waals surface area contributed by atoms with Crippen molar-refractivity contribution in [3.8, 4) is 0 Å². The van der Waals surface area contributed by atoms with E-state index in [1.165, 1.54) is 11.3 Å². The third-order valence-corrected chi connectivity index (χ3v) is 3.02. The van der Waals surface area contributed by atoms with Crippen LogP contribution in [0.15, 0.2) is 24.3 Å². The van der Waals surface area contributed by atoms with Crippen LogP contribution in [0.3, 0.4) is 0 Å². The lowest BCUT2D eigenvalue weighted by Gasteiger charge is -2.26. The second-order valence-corrected chi connectivity index (χ2v) is 4.60. The van der Waals surface area contributed by atoms with Crippen LogP contribution in [-0.2, 0) is 6.54 Å². The monoisotopic (exact) mass is 219 g/mol. The zero-order valence-corrected chi connectivity index (χ0v) is 10.2. The first-order valence-corrected chi connectivity index (χ1v) is 5.95. The minimum absolute atomic E-state index is 0.995. The molecule has 0 aliphatic carbocycles. The number of hydrogen-bond donors (Lipinski definition) is 1. The normalized spacial score (nSPS) is 16.1. The lowest BCUT2D eigenvalue weighted by atomic mass is 10.1. The number of fused-ring (bicyclic) bond motifs is 1. The Morgan fingerprint density at radius 2 is 2.12 bits per heavy atom. The zero-order valence-electron chi connectivity index (χ0n) is 10.2. The Morgan fingerprint density at radius 1 is 1.31 bits per heavy atom. The smallest absolute Gasteiger partial charge is 0.0412 e. The van der Waals surface area contributed by atoms with Crippen LogP contribution in [0.5, 0.6) is 0 Å². The molecule has 3 nitrogen and oxygen atoms in total. The van der Waals surface area contributed by atoms with Crippen molar-refractivity contribution in [3.63, 3.8) is 0 Å².